The first-order chi connectivity index (χ1) is 9.74. The van der Waals surface area contributed by atoms with Gasteiger partial charge in [0.15, 0.2) is 0 Å². The molecule has 6 nitrogen and oxygen atoms in total. The maximum Gasteiger partial charge on any atom is 0.272 e. The molecule has 2 aromatic heterocycles. The highest BCUT2D eigenvalue weighted by Crippen LogP contribution is 2.08. The molecule has 1 N–H and O–H groups in total. The van der Waals surface area contributed by atoms with Gasteiger partial charge in [0.1, 0.15) is 11.5 Å². The molecule has 0 saturated heterocycles. The molecule has 0 unspecified atom stereocenters. The Balaban J connectivity index is 2.15. The summed E-state index contributed by atoms with van der Waals surface area (Å²) in [7, 11) is 0. The van der Waals surface area contributed by atoms with E-state index >= 15 is 0 Å². The number of aromatic nitrogens is 4. The standard InChI is InChI=1S/C15H21N5O/c1-10-6-13(14(21)18-15(3,4)5)19-20(10)9-12-7-16-11(2)17-8-12/h6-8H,9H2,1-5H3,(H,18,21). The summed E-state index contributed by atoms with van der Waals surface area (Å²) < 4.78 is 1.78. The van der Waals surface area contributed by atoms with Gasteiger partial charge in [-0.15, -0.1) is 0 Å². The molecule has 1 amide bonds. The lowest BCUT2D eigenvalue weighted by Crippen LogP contribution is -2.40. The van der Waals surface area contributed by atoms with E-state index in [1.807, 2.05) is 34.6 Å². The average molecular weight is 287 g/mol. The summed E-state index contributed by atoms with van der Waals surface area (Å²) in [5.74, 6) is 0.575. The van der Waals surface area contributed by atoms with Gasteiger partial charge in [-0.05, 0) is 40.7 Å². The minimum absolute atomic E-state index is 0.162. The number of rotatable bonds is 3. The van der Waals surface area contributed by atoms with Crippen LogP contribution >= 0.6 is 0 Å². The number of aryl methyl sites for hydroxylation is 2. The summed E-state index contributed by atoms with van der Waals surface area (Å²) in [6, 6.07) is 1.79. The summed E-state index contributed by atoms with van der Waals surface area (Å²) >= 11 is 0. The fraction of sp³-hybridized carbons (Fsp3) is 0.467. The number of amides is 1. The molecule has 6 heteroatoms. The van der Waals surface area contributed by atoms with Crippen LogP contribution in [0, 0.1) is 13.8 Å². The molecule has 0 radical (unpaired) electrons. The quantitative estimate of drug-likeness (QED) is 0.935. The molecule has 21 heavy (non-hydrogen) atoms. The van der Waals surface area contributed by atoms with Crippen molar-refractivity contribution in [2.45, 2.75) is 46.7 Å². The van der Waals surface area contributed by atoms with Gasteiger partial charge >= 0.3 is 0 Å². The lowest BCUT2D eigenvalue weighted by molar-refractivity contribution is 0.0913. The Labute approximate surface area is 124 Å². The van der Waals surface area contributed by atoms with Crippen LogP contribution in [0.1, 0.15) is 48.3 Å². The van der Waals surface area contributed by atoms with Crippen molar-refractivity contribution in [3.8, 4) is 0 Å². The molecule has 0 aliphatic carbocycles. The van der Waals surface area contributed by atoms with E-state index in [1.165, 1.54) is 0 Å². The molecule has 2 heterocycles. The molecular formula is C15H21N5O. The maximum absolute atomic E-state index is 12.1. The van der Waals surface area contributed by atoms with E-state index in [2.05, 4.69) is 20.4 Å². The van der Waals surface area contributed by atoms with Crippen molar-refractivity contribution >= 4 is 5.91 Å². The van der Waals surface area contributed by atoms with Crippen molar-refractivity contribution < 1.29 is 4.79 Å². The van der Waals surface area contributed by atoms with Crippen LogP contribution in [0.5, 0.6) is 0 Å². The van der Waals surface area contributed by atoms with Crippen LogP contribution in [-0.2, 0) is 6.54 Å². The van der Waals surface area contributed by atoms with Crippen LogP contribution in [0.2, 0.25) is 0 Å². The molecule has 112 valence electrons. The van der Waals surface area contributed by atoms with E-state index in [-0.39, 0.29) is 11.4 Å². The summed E-state index contributed by atoms with van der Waals surface area (Å²) in [5.41, 5.74) is 2.03. The van der Waals surface area contributed by atoms with Gasteiger partial charge in [0, 0.05) is 29.2 Å². The third-order valence-corrected chi connectivity index (χ3v) is 2.87. The van der Waals surface area contributed by atoms with Gasteiger partial charge in [-0.3, -0.25) is 9.48 Å². The maximum atomic E-state index is 12.1. The van der Waals surface area contributed by atoms with E-state index in [0.717, 1.165) is 17.1 Å². The SMILES string of the molecule is Cc1ncc(Cn2nc(C(=O)NC(C)(C)C)cc2C)cn1. The van der Waals surface area contributed by atoms with Crippen molar-refractivity contribution in [3.63, 3.8) is 0 Å². The highest BCUT2D eigenvalue weighted by Gasteiger charge is 2.18. The number of nitrogens with one attached hydrogen (secondary N) is 1. The van der Waals surface area contributed by atoms with Crippen LogP contribution in [0.4, 0.5) is 0 Å². The van der Waals surface area contributed by atoms with Crippen LogP contribution in [0.25, 0.3) is 0 Å². The van der Waals surface area contributed by atoms with E-state index < -0.39 is 0 Å². The van der Waals surface area contributed by atoms with Gasteiger partial charge in [-0.25, -0.2) is 9.97 Å². The lowest BCUT2D eigenvalue weighted by atomic mass is 10.1. The van der Waals surface area contributed by atoms with Gasteiger partial charge in [0.25, 0.3) is 5.91 Å². The predicted molar refractivity (Wildman–Crippen MR) is 80.1 cm³/mol. The van der Waals surface area contributed by atoms with E-state index in [9.17, 15) is 4.79 Å². The topological polar surface area (TPSA) is 72.7 Å². The molecule has 0 aliphatic rings. The highest BCUT2D eigenvalue weighted by molar-refractivity contribution is 5.92. The van der Waals surface area contributed by atoms with Crippen molar-refractivity contribution in [1.29, 1.82) is 0 Å². The fourth-order valence-electron chi connectivity index (χ4n) is 1.86. The van der Waals surface area contributed by atoms with Crippen molar-refractivity contribution in [3.05, 3.63) is 41.2 Å². The Kier molecular flexibility index (Phi) is 4.06. The molecule has 0 fully saturated rings. The van der Waals surface area contributed by atoms with E-state index in [4.69, 9.17) is 0 Å². The van der Waals surface area contributed by atoms with E-state index in [0.29, 0.717) is 12.2 Å². The Morgan fingerprint density at radius 1 is 1.24 bits per heavy atom. The summed E-state index contributed by atoms with van der Waals surface area (Å²) in [6.45, 7) is 10.2. The zero-order chi connectivity index (χ0) is 15.6. The van der Waals surface area contributed by atoms with Crippen LogP contribution in [-0.4, -0.2) is 31.2 Å². The Hall–Kier alpha value is -2.24. The molecule has 2 aromatic rings. The molecular weight excluding hydrogens is 266 g/mol. The number of hydrogen-bond donors (Lipinski definition) is 1. The minimum Gasteiger partial charge on any atom is -0.346 e. The van der Waals surface area contributed by atoms with Gasteiger partial charge < -0.3 is 5.32 Å². The van der Waals surface area contributed by atoms with Gasteiger partial charge in [0.05, 0.1) is 6.54 Å². The first-order valence-corrected chi connectivity index (χ1v) is 6.89. The monoisotopic (exact) mass is 287 g/mol. The molecule has 0 aliphatic heterocycles. The zero-order valence-corrected chi connectivity index (χ0v) is 13.1. The Morgan fingerprint density at radius 3 is 2.43 bits per heavy atom. The molecule has 0 bridgehead atoms. The lowest BCUT2D eigenvalue weighted by Gasteiger charge is -2.19. The van der Waals surface area contributed by atoms with Gasteiger partial charge in [-0.1, -0.05) is 0 Å². The largest absolute Gasteiger partial charge is 0.346 e. The summed E-state index contributed by atoms with van der Waals surface area (Å²) in [5, 5.41) is 7.27. The van der Waals surface area contributed by atoms with Crippen LogP contribution < -0.4 is 5.32 Å². The number of nitrogens with zero attached hydrogens (tertiary/aromatic N) is 4. The van der Waals surface area contributed by atoms with Gasteiger partial charge in [0.2, 0.25) is 0 Å². The Morgan fingerprint density at radius 2 is 1.86 bits per heavy atom. The van der Waals surface area contributed by atoms with Crippen LogP contribution in [0.15, 0.2) is 18.5 Å². The average Bonchev–Trinajstić information content (AvgIpc) is 2.72. The number of hydrogen-bond acceptors (Lipinski definition) is 4. The first-order valence-electron chi connectivity index (χ1n) is 6.89. The molecule has 0 spiro atoms. The second-order valence-electron chi connectivity index (χ2n) is 6.17. The third kappa shape index (κ3) is 4.11. The number of carbonyl (C=O) groups is 1. The van der Waals surface area contributed by atoms with Crippen molar-refractivity contribution in [2.75, 3.05) is 0 Å². The summed E-state index contributed by atoms with van der Waals surface area (Å²) in [4.78, 5) is 20.4. The fourth-order valence-corrected chi connectivity index (χ4v) is 1.86. The second kappa shape index (κ2) is 5.63. The predicted octanol–water partition coefficient (Wildman–Crippen LogP) is 1.87. The molecule has 0 saturated carbocycles. The molecule has 0 atom stereocenters. The number of carbonyl (C=O) groups excluding carboxylic acids is 1. The minimum atomic E-state index is -0.278. The third-order valence-electron chi connectivity index (χ3n) is 2.87. The van der Waals surface area contributed by atoms with Crippen molar-refractivity contribution in [1.82, 2.24) is 25.1 Å². The highest BCUT2D eigenvalue weighted by atomic mass is 16.2. The smallest absolute Gasteiger partial charge is 0.272 e. The molecule has 0 aromatic carbocycles. The normalized spacial score (nSPS) is 11.5. The second-order valence-corrected chi connectivity index (χ2v) is 6.17. The molecule has 2 rings (SSSR count). The van der Waals surface area contributed by atoms with Gasteiger partial charge in [-0.2, -0.15) is 5.10 Å². The first kappa shape index (κ1) is 15.2. The van der Waals surface area contributed by atoms with E-state index in [1.54, 1.807) is 23.1 Å². The zero-order valence-electron chi connectivity index (χ0n) is 13.1. The summed E-state index contributed by atoms with van der Waals surface area (Å²) in [6.07, 6.45) is 3.55. The van der Waals surface area contributed by atoms with Crippen molar-refractivity contribution in [2.24, 2.45) is 0 Å². The Bertz CT molecular complexity index is 637. The van der Waals surface area contributed by atoms with Crippen LogP contribution in [0.3, 0.4) is 0 Å².